The van der Waals surface area contributed by atoms with Crippen LogP contribution in [0.3, 0.4) is 0 Å². The van der Waals surface area contributed by atoms with Crippen molar-refractivity contribution >= 4 is 27.4 Å². The summed E-state index contributed by atoms with van der Waals surface area (Å²) in [5.74, 6) is 1.35. The summed E-state index contributed by atoms with van der Waals surface area (Å²) >= 11 is 3.52. The lowest BCUT2D eigenvalue weighted by Crippen LogP contribution is -2.20. The molecule has 2 heterocycles. The summed E-state index contributed by atoms with van der Waals surface area (Å²) < 4.78 is 1.45. The van der Waals surface area contributed by atoms with Gasteiger partial charge in [0, 0.05) is 16.9 Å². The van der Waals surface area contributed by atoms with Crippen molar-refractivity contribution in [1.82, 2.24) is 19.6 Å². The van der Waals surface area contributed by atoms with Crippen molar-refractivity contribution < 1.29 is 0 Å². The van der Waals surface area contributed by atoms with Gasteiger partial charge in [-0.1, -0.05) is 22.9 Å². The molecule has 2 unspecified atom stereocenters. The highest BCUT2D eigenvalue weighted by atomic mass is 79.9. The average Bonchev–Trinajstić information content (AvgIpc) is 2.58. The molecule has 18 heavy (non-hydrogen) atoms. The lowest BCUT2D eigenvalue weighted by atomic mass is 10.2. The van der Waals surface area contributed by atoms with E-state index in [1.54, 1.807) is 13.0 Å². The molecule has 0 spiro atoms. The molecule has 0 saturated carbocycles. The van der Waals surface area contributed by atoms with E-state index in [1.165, 1.54) is 4.40 Å². The van der Waals surface area contributed by atoms with Gasteiger partial charge in [-0.25, -0.2) is 19.3 Å². The number of fused-ring (bicyclic) bond motifs is 1. The SMILES string of the molecule is Cc1nc(NC(C)CC(C)Br)cc2n[nH]c(=O)n12. The largest absolute Gasteiger partial charge is 0.367 e. The van der Waals surface area contributed by atoms with Gasteiger partial charge in [-0.15, -0.1) is 0 Å². The third-order valence-electron chi connectivity index (χ3n) is 2.64. The van der Waals surface area contributed by atoms with E-state index in [0.29, 0.717) is 22.3 Å². The van der Waals surface area contributed by atoms with Crippen LogP contribution in [0.5, 0.6) is 0 Å². The summed E-state index contributed by atoms with van der Waals surface area (Å²) in [6.45, 7) is 5.98. The Balaban J connectivity index is 2.27. The minimum absolute atomic E-state index is 0.260. The van der Waals surface area contributed by atoms with E-state index in [2.05, 4.69) is 50.3 Å². The fourth-order valence-corrected chi connectivity index (χ4v) is 2.53. The van der Waals surface area contributed by atoms with Crippen molar-refractivity contribution in [2.45, 2.75) is 38.1 Å². The molecule has 0 aliphatic heterocycles. The van der Waals surface area contributed by atoms with Crippen LogP contribution in [0.25, 0.3) is 5.65 Å². The number of rotatable bonds is 4. The van der Waals surface area contributed by atoms with Crippen molar-refractivity contribution in [3.8, 4) is 0 Å². The molecular formula is C11H16BrN5O. The summed E-state index contributed by atoms with van der Waals surface area (Å²) in [5.41, 5.74) is 0.317. The van der Waals surface area contributed by atoms with E-state index < -0.39 is 0 Å². The summed E-state index contributed by atoms with van der Waals surface area (Å²) in [4.78, 5) is 16.3. The van der Waals surface area contributed by atoms with Crippen LogP contribution in [0.4, 0.5) is 5.82 Å². The van der Waals surface area contributed by atoms with Crippen LogP contribution in [0.15, 0.2) is 10.9 Å². The Hall–Kier alpha value is -1.37. The zero-order valence-electron chi connectivity index (χ0n) is 10.6. The number of anilines is 1. The van der Waals surface area contributed by atoms with Crippen LogP contribution >= 0.6 is 15.9 Å². The molecule has 0 fully saturated rings. The first-order valence-corrected chi connectivity index (χ1v) is 6.74. The molecule has 0 aliphatic rings. The number of hydrogen-bond acceptors (Lipinski definition) is 4. The van der Waals surface area contributed by atoms with Gasteiger partial charge in [-0.3, -0.25) is 0 Å². The van der Waals surface area contributed by atoms with Gasteiger partial charge in [-0.05, 0) is 20.3 Å². The molecule has 7 heteroatoms. The van der Waals surface area contributed by atoms with Gasteiger partial charge in [-0.2, -0.15) is 5.10 Å². The van der Waals surface area contributed by atoms with E-state index in [4.69, 9.17) is 0 Å². The first kappa shape index (κ1) is 13.1. The number of hydrogen-bond donors (Lipinski definition) is 2. The zero-order valence-corrected chi connectivity index (χ0v) is 12.2. The molecule has 0 aliphatic carbocycles. The number of aromatic amines is 1. The number of alkyl halides is 1. The maximum atomic E-state index is 11.5. The number of aryl methyl sites for hydroxylation is 1. The molecule has 0 amide bonds. The van der Waals surface area contributed by atoms with Gasteiger partial charge in [0.15, 0.2) is 5.65 Å². The smallest absolute Gasteiger partial charge is 0.349 e. The third-order valence-corrected chi connectivity index (χ3v) is 3.02. The Morgan fingerprint density at radius 2 is 2.28 bits per heavy atom. The summed E-state index contributed by atoms with van der Waals surface area (Å²) in [7, 11) is 0. The van der Waals surface area contributed by atoms with E-state index in [9.17, 15) is 4.79 Å². The minimum Gasteiger partial charge on any atom is -0.367 e. The summed E-state index contributed by atoms with van der Waals surface area (Å²) in [6, 6.07) is 2.06. The van der Waals surface area contributed by atoms with E-state index in [1.807, 2.05) is 0 Å². The molecule has 2 atom stereocenters. The second-order valence-corrected chi connectivity index (χ2v) is 6.04. The number of nitrogens with one attached hydrogen (secondary N) is 2. The molecule has 0 radical (unpaired) electrons. The number of aromatic nitrogens is 4. The van der Waals surface area contributed by atoms with Crippen LogP contribution in [-0.4, -0.2) is 30.5 Å². The molecule has 2 aromatic heterocycles. The molecule has 2 aromatic rings. The van der Waals surface area contributed by atoms with Gasteiger partial charge >= 0.3 is 5.69 Å². The van der Waals surface area contributed by atoms with E-state index >= 15 is 0 Å². The van der Waals surface area contributed by atoms with Gasteiger partial charge in [0.25, 0.3) is 0 Å². The number of nitrogens with zero attached hydrogens (tertiary/aromatic N) is 3. The third kappa shape index (κ3) is 2.72. The highest BCUT2D eigenvalue weighted by Crippen LogP contribution is 2.13. The first-order valence-electron chi connectivity index (χ1n) is 5.82. The van der Waals surface area contributed by atoms with Gasteiger partial charge in [0.05, 0.1) is 0 Å². The maximum absolute atomic E-state index is 11.5. The zero-order chi connectivity index (χ0) is 13.3. The molecule has 0 bridgehead atoms. The van der Waals surface area contributed by atoms with E-state index in [-0.39, 0.29) is 5.69 Å². The Labute approximate surface area is 113 Å². The normalized spacial score (nSPS) is 14.7. The topological polar surface area (TPSA) is 75.1 Å². The van der Waals surface area contributed by atoms with Crippen molar-refractivity contribution in [1.29, 1.82) is 0 Å². The quantitative estimate of drug-likeness (QED) is 0.842. The van der Waals surface area contributed by atoms with Crippen molar-refractivity contribution in [3.05, 3.63) is 22.4 Å². The highest BCUT2D eigenvalue weighted by molar-refractivity contribution is 9.09. The predicted molar refractivity (Wildman–Crippen MR) is 74.4 cm³/mol. The molecule has 6 nitrogen and oxygen atoms in total. The Morgan fingerprint density at radius 3 is 2.94 bits per heavy atom. The Kier molecular flexibility index (Phi) is 3.70. The van der Waals surface area contributed by atoms with Crippen LogP contribution in [0, 0.1) is 6.92 Å². The second kappa shape index (κ2) is 5.09. The van der Waals surface area contributed by atoms with Crippen LogP contribution in [0.1, 0.15) is 26.1 Å². The minimum atomic E-state index is -0.260. The predicted octanol–water partition coefficient (Wildman–Crippen LogP) is 1.70. The standard InChI is InChI=1S/C11H16BrN5O/c1-6(12)4-7(2)13-9-5-10-15-16-11(18)17(10)8(3)14-9/h5-7,13H,4H2,1-3H3,(H,16,18). The van der Waals surface area contributed by atoms with Crippen molar-refractivity contribution in [3.63, 3.8) is 0 Å². The Morgan fingerprint density at radius 1 is 1.56 bits per heavy atom. The maximum Gasteiger partial charge on any atom is 0.349 e. The fourth-order valence-electron chi connectivity index (χ4n) is 1.97. The average molecular weight is 314 g/mol. The fraction of sp³-hybridized carbons (Fsp3) is 0.545. The van der Waals surface area contributed by atoms with Gasteiger partial charge < -0.3 is 5.32 Å². The van der Waals surface area contributed by atoms with Crippen molar-refractivity contribution in [2.75, 3.05) is 5.32 Å². The molecule has 98 valence electrons. The molecule has 2 N–H and O–H groups in total. The lowest BCUT2D eigenvalue weighted by Gasteiger charge is -2.16. The molecule has 2 rings (SSSR count). The van der Waals surface area contributed by atoms with Gasteiger partial charge in [0.2, 0.25) is 0 Å². The van der Waals surface area contributed by atoms with Crippen LogP contribution < -0.4 is 11.0 Å². The first-order chi connectivity index (χ1) is 8.47. The van der Waals surface area contributed by atoms with Gasteiger partial charge in [0.1, 0.15) is 11.6 Å². The van der Waals surface area contributed by atoms with Crippen LogP contribution in [-0.2, 0) is 0 Å². The number of H-pyrrole nitrogens is 1. The van der Waals surface area contributed by atoms with Crippen LogP contribution in [0.2, 0.25) is 0 Å². The summed E-state index contributed by atoms with van der Waals surface area (Å²) in [5, 5.41) is 9.66. The highest BCUT2D eigenvalue weighted by Gasteiger charge is 2.10. The Bertz CT molecular complexity index is 603. The van der Waals surface area contributed by atoms with Crippen molar-refractivity contribution in [2.24, 2.45) is 0 Å². The summed E-state index contributed by atoms with van der Waals surface area (Å²) in [6.07, 6.45) is 0.985. The van der Waals surface area contributed by atoms with E-state index in [0.717, 1.165) is 12.2 Å². The monoisotopic (exact) mass is 313 g/mol. The number of halogens is 1. The lowest BCUT2D eigenvalue weighted by molar-refractivity contribution is 0.703. The second-order valence-electron chi connectivity index (χ2n) is 4.47. The molecule has 0 aromatic carbocycles. The molecule has 0 saturated heterocycles. The molecular weight excluding hydrogens is 298 g/mol.